The minimum absolute atomic E-state index is 0. The highest BCUT2D eigenvalue weighted by atomic mass is 35.5. The van der Waals surface area contributed by atoms with E-state index in [-0.39, 0.29) is 34.7 Å². The van der Waals surface area contributed by atoms with Gasteiger partial charge in [0.25, 0.3) is 5.91 Å². The Morgan fingerprint density at radius 1 is 1.14 bits per heavy atom. The van der Waals surface area contributed by atoms with Crippen LogP contribution in [0.4, 0.5) is 4.39 Å². The monoisotopic (exact) mass is 429 g/mol. The molecule has 0 unspecified atom stereocenters. The minimum Gasteiger partial charge on any atom is -0.339 e. The van der Waals surface area contributed by atoms with Gasteiger partial charge in [0.2, 0.25) is 5.91 Å². The van der Waals surface area contributed by atoms with Crippen molar-refractivity contribution in [3.8, 4) is 0 Å². The third-order valence-electron chi connectivity index (χ3n) is 6.48. The van der Waals surface area contributed by atoms with E-state index < -0.39 is 5.82 Å². The first kappa shape index (κ1) is 21.3. The van der Waals surface area contributed by atoms with Crippen LogP contribution in [0.2, 0.25) is 5.02 Å². The summed E-state index contributed by atoms with van der Waals surface area (Å²) in [5.74, 6) is 0.0299. The van der Waals surface area contributed by atoms with Crippen LogP contribution in [0.3, 0.4) is 0 Å². The number of hydrogen-bond acceptors (Lipinski definition) is 3. The van der Waals surface area contributed by atoms with E-state index in [1.54, 1.807) is 4.90 Å². The summed E-state index contributed by atoms with van der Waals surface area (Å²) in [6.07, 6.45) is 4.42. The molecule has 4 rings (SSSR count). The molecule has 0 radical (unpaired) electrons. The lowest BCUT2D eigenvalue weighted by Crippen LogP contribution is -2.56. The maximum absolute atomic E-state index is 13.3. The van der Waals surface area contributed by atoms with Gasteiger partial charge in [0.05, 0.1) is 16.0 Å². The molecule has 1 N–H and O–H groups in total. The molecular formula is C20H26Cl2FN3O2. The normalized spacial score (nSPS) is 27.1. The van der Waals surface area contributed by atoms with E-state index in [0.29, 0.717) is 37.7 Å². The SMILES string of the molecule is Cl.O=C(c1ccc(F)cc1Cl)N1CCN(C(=O)[C@@]23CCCC[C@H]2CNC3)CC1. The average molecular weight is 430 g/mol. The molecule has 0 spiro atoms. The first-order valence-corrected chi connectivity index (χ1v) is 10.1. The number of carbonyl (C=O) groups is 2. The summed E-state index contributed by atoms with van der Waals surface area (Å²) < 4.78 is 13.2. The second-order valence-corrected chi connectivity index (χ2v) is 8.35. The fourth-order valence-electron chi connectivity index (χ4n) is 4.93. The number of piperazine rings is 1. The van der Waals surface area contributed by atoms with Crippen molar-refractivity contribution < 1.29 is 14.0 Å². The van der Waals surface area contributed by atoms with Crippen molar-refractivity contribution in [1.29, 1.82) is 0 Å². The number of benzene rings is 1. The van der Waals surface area contributed by atoms with Gasteiger partial charge in [0.15, 0.2) is 0 Å². The van der Waals surface area contributed by atoms with Gasteiger partial charge in [-0.05, 0) is 43.5 Å². The quantitative estimate of drug-likeness (QED) is 0.785. The fraction of sp³-hybridized carbons (Fsp3) is 0.600. The van der Waals surface area contributed by atoms with E-state index >= 15 is 0 Å². The van der Waals surface area contributed by atoms with Crippen LogP contribution >= 0.6 is 24.0 Å². The Kier molecular flexibility index (Phi) is 6.52. The van der Waals surface area contributed by atoms with Crippen LogP contribution in [0.25, 0.3) is 0 Å². The number of nitrogens with one attached hydrogen (secondary N) is 1. The maximum atomic E-state index is 13.3. The van der Waals surface area contributed by atoms with E-state index in [9.17, 15) is 14.0 Å². The molecule has 3 aliphatic rings. The maximum Gasteiger partial charge on any atom is 0.255 e. The predicted octanol–water partition coefficient (Wildman–Crippen LogP) is 2.97. The lowest BCUT2D eigenvalue weighted by Gasteiger charge is -2.43. The van der Waals surface area contributed by atoms with Crippen LogP contribution < -0.4 is 5.32 Å². The zero-order valence-electron chi connectivity index (χ0n) is 15.8. The van der Waals surface area contributed by atoms with Crippen LogP contribution in [0.1, 0.15) is 36.0 Å². The first-order valence-electron chi connectivity index (χ1n) is 9.76. The largest absolute Gasteiger partial charge is 0.339 e. The summed E-state index contributed by atoms with van der Waals surface area (Å²) in [4.78, 5) is 29.6. The summed E-state index contributed by atoms with van der Waals surface area (Å²) in [6.45, 7) is 3.75. The van der Waals surface area contributed by atoms with Crippen molar-refractivity contribution >= 4 is 35.8 Å². The van der Waals surface area contributed by atoms with Gasteiger partial charge < -0.3 is 15.1 Å². The van der Waals surface area contributed by atoms with Gasteiger partial charge in [-0.15, -0.1) is 12.4 Å². The molecular weight excluding hydrogens is 404 g/mol. The summed E-state index contributed by atoms with van der Waals surface area (Å²) in [5, 5.41) is 3.55. The molecule has 2 atom stereocenters. The fourth-order valence-corrected chi connectivity index (χ4v) is 5.18. The van der Waals surface area contributed by atoms with E-state index in [2.05, 4.69) is 5.32 Å². The van der Waals surface area contributed by atoms with Crippen molar-refractivity contribution in [3.05, 3.63) is 34.6 Å². The summed E-state index contributed by atoms with van der Waals surface area (Å²) in [7, 11) is 0. The number of halogens is 3. The Hall–Kier alpha value is -1.37. The number of fused-ring (bicyclic) bond motifs is 1. The Morgan fingerprint density at radius 2 is 1.86 bits per heavy atom. The van der Waals surface area contributed by atoms with Crippen LogP contribution in [0, 0.1) is 17.2 Å². The number of rotatable bonds is 2. The highest BCUT2D eigenvalue weighted by Gasteiger charge is 2.51. The highest BCUT2D eigenvalue weighted by Crippen LogP contribution is 2.45. The van der Waals surface area contributed by atoms with Crippen molar-refractivity contribution in [3.63, 3.8) is 0 Å². The Labute approximate surface area is 176 Å². The van der Waals surface area contributed by atoms with Crippen molar-refractivity contribution in [2.24, 2.45) is 11.3 Å². The smallest absolute Gasteiger partial charge is 0.255 e. The Bertz CT molecular complexity index is 755. The molecule has 1 saturated carbocycles. The van der Waals surface area contributed by atoms with Gasteiger partial charge in [-0.2, -0.15) is 0 Å². The van der Waals surface area contributed by atoms with Crippen LogP contribution in [-0.2, 0) is 4.79 Å². The summed E-state index contributed by atoms with van der Waals surface area (Å²) >= 11 is 6.03. The molecule has 0 aromatic heterocycles. The Morgan fingerprint density at radius 3 is 2.57 bits per heavy atom. The lowest BCUT2D eigenvalue weighted by molar-refractivity contribution is -0.146. The van der Waals surface area contributed by atoms with Crippen molar-refractivity contribution in [1.82, 2.24) is 15.1 Å². The molecule has 8 heteroatoms. The molecule has 0 bridgehead atoms. The van der Waals surface area contributed by atoms with E-state index in [1.807, 2.05) is 4.90 Å². The molecule has 1 aliphatic carbocycles. The molecule has 2 aliphatic heterocycles. The molecule has 2 amide bonds. The van der Waals surface area contributed by atoms with Crippen molar-refractivity contribution in [2.75, 3.05) is 39.3 Å². The van der Waals surface area contributed by atoms with Gasteiger partial charge >= 0.3 is 0 Å². The molecule has 154 valence electrons. The number of nitrogens with zero attached hydrogens (tertiary/aromatic N) is 2. The van der Waals surface area contributed by atoms with Crippen LogP contribution in [-0.4, -0.2) is 60.9 Å². The zero-order valence-corrected chi connectivity index (χ0v) is 17.3. The molecule has 2 heterocycles. The van der Waals surface area contributed by atoms with E-state index in [0.717, 1.165) is 38.4 Å². The highest BCUT2D eigenvalue weighted by molar-refractivity contribution is 6.33. The second kappa shape index (κ2) is 8.56. The minimum atomic E-state index is -0.460. The zero-order chi connectivity index (χ0) is 19.0. The molecule has 1 aromatic rings. The Balaban J connectivity index is 0.00000225. The molecule has 5 nitrogen and oxygen atoms in total. The average Bonchev–Trinajstić information content (AvgIpc) is 3.12. The van der Waals surface area contributed by atoms with Gasteiger partial charge in [-0.25, -0.2) is 4.39 Å². The summed E-state index contributed by atoms with van der Waals surface area (Å²) in [5.41, 5.74) is 0.0637. The third kappa shape index (κ3) is 3.74. The number of hydrogen-bond donors (Lipinski definition) is 1. The van der Waals surface area contributed by atoms with Gasteiger partial charge in [-0.3, -0.25) is 9.59 Å². The predicted molar refractivity (Wildman–Crippen MR) is 108 cm³/mol. The first-order chi connectivity index (χ1) is 13.0. The topological polar surface area (TPSA) is 52.7 Å². The third-order valence-corrected chi connectivity index (χ3v) is 6.79. The molecule has 2 saturated heterocycles. The lowest BCUT2D eigenvalue weighted by atomic mass is 9.67. The molecule has 28 heavy (non-hydrogen) atoms. The molecule has 1 aromatic carbocycles. The number of carbonyl (C=O) groups excluding carboxylic acids is 2. The van der Waals surface area contributed by atoms with Gasteiger partial charge in [-0.1, -0.05) is 24.4 Å². The van der Waals surface area contributed by atoms with E-state index in [1.165, 1.54) is 18.6 Å². The number of amides is 2. The van der Waals surface area contributed by atoms with Crippen molar-refractivity contribution in [2.45, 2.75) is 25.7 Å². The summed E-state index contributed by atoms with van der Waals surface area (Å²) in [6, 6.07) is 3.83. The van der Waals surface area contributed by atoms with Crippen LogP contribution in [0.15, 0.2) is 18.2 Å². The standard InChI is InChI=1S/C20H25ClFN3O2.ClH/c21-17-11-15(22)4-5-16(17)18(26)24-7-9-25(10-8-24)19(27)20-6-2-1-3-14(20)12-23-13-20;/h4-5,11,14,23H,1-3,6-10,12-13H2;1H/t14-,20+;/m0./s1. The van der Waals surface area contributed by atoms with Crippen LogP contribution in [0.5, 0.6) is 0 Å². The molecule has 3 fully saturated rings. The van der Waals surface area contributed by atoms with Gasteiger partial charge in [0, 0.05) is 32.7 Å². The van der Waals surface area contributed by atoms with E-state index in [4.69, 9.17) is 11.6 Å². The van der Waals surface area contributed by atoms with Gasteiger partial charge in [0.1, 0.15) is 5.82 Å². The second-order valence-electron chi connectivity index (χ2n) is 7.94.